The van der Waals surface area contributed by atoms with Crippen LogP contribution in [0.3, 0.4) is 0 Å². The van der Waals surface area contributed by atoms with Crippen LogP contribution in [-0.4, -0.2) is 38.2 Å². The third-order valence-corrected chi connectivity index (χ3v) is 4.41. The lowest BCUT2D eigenvalue weighted by molar-refractivity contribution is -0.116. The third-order valence-electron chi connectivity index (χ3n) is 4.41. The number of hydrogen-bond acceptors (Lipinski definition) is 5. The highest BCUT2D eigenvalue weighted by molar-refractivity contribution is 5.96. The van der Waals surface area contributed by atoms with Gasteiger partial charge in [-0.25, -0.2) is 14.3 Å². The predicted octanol–water partition coefficient (Wildman–Crippen LogP) is 1.54. The second-order valence-corrected chi connectivity index (χ2v) is 6.09. The highest BCUT2D eigenvalue weighted by Crippen LogP contribution is 2.38. The van der Waals surface area contributed by atoms with Gasteiger partial charge in [-0.15, -0.1) is 0 Å². The topological polar surface area (TPSA) is 122 Å². The molecule has 0 fully saturated rings. The summed E-state index contributed by atoms with van der Waals surface area (Å²) in [4.78, 5) is 41.5. The number of ether oxygens (including phenoxy) is 1. The van der Waals surface area contributed by atoms with Gasteiger partial charge in [-0.3, -0.25) is 9.78 Å². The van der Waals surface area contributed by atoms with Crippen LogP contribution < -0.4 is 11.0 Å². The second kappa shape index (κ2) is 6.60. The van der Waals surface area contributed by atoms with Gasteiger partial charge in [0.2, 0.25) is 5.91 Å². The normalized spacial score (nSPS) is 15.9. The molecule has 2 aromatic heterocycles. The number of carbonyl (C=O) groups is 2. The highest BCUT2D eigenvalue weighted by atomic mass is 16.5. The van der Waals surface area contributed by atoms with Crippen molar-refractivity contribution in [1.82, 2.24) is 19.7 Å². The summed E-state index contributed by atoms with van der Waals surface area (Å²) in [7, 11) is 0. The largest absolute Gasteiger partial charge is 0.461 e. The fraction of sp³-hybridized carbons (Fsp3) is 0.222. The van der Waals surface area contributed by atoms with Crippen molar-refractivity contribution < 1.29 is 14.3 Å². The van der Waals surface area contributed by atoms with E-state index in [1.54, 1.807) is 17.8 Å². The Balaban J connectivity index is 1.82. The van der Waals surface area contributed by atoms with Crippen molar-refractivity contribution in [2.45, 2.75) is 19.3 Å². The maximum Gasteiger partial charge on any atom is 0.356 e. The number of amides is 1. The van der Waals surface area contributed by atoms with Gasteiger partial charge in [-0.05, 0) is 19.1 Å². The molecule has 0 aliphatic carbocycles. The van der Waals surface area contributed by atoms with Crippen LogP contribution in [0.15, 0.2) is 41.3 Å². The van der Waals surface area contributed by atoms with E-state index in [4.69, 9.17) is 4.74 Å². The maximum atomic E-state index is 12.3. The van der Waals surface area contributed by atoms with Gasteiger partial charge in [0.25, 0.3) is 0 Å². The van der Waals surface area contributed by atoms with Gasteiger partial charge < -0.3 is 15.0 Å². The van der Waals surface area contributed by atoms with Gasteiger partial charge in [0.1, 0.15) is 11.5 Å². The summed E-state index contributed by atoms with van der Waals surface area (Å²) in [5.41, 5.74) is 1.31. The number of aromatic amines is 2. The fourth-order valence-corrected chi connectivity index (χ4v) is 3.26. The van der Waals surface area contributed by atoms with E-state index in [1.807, 2.05) is 30.3 Å². The monoisotopic (exact) mass is 367 g/mol. The standard InChI is InChI=1S/C18H17N5O4/c1-2-27-17(25)15-14(21-18(26)22-15)11-8-13(24)20-16-12(11)9-19-23(16)10-6-4-3-5-7-10/h3-7,9,11H,2,8H2,1H3,(H,20,24)(H2,21,22,26)/t11-/m0/s1. The van der Waals surface area contributed by atoms with Crippen LogP contribution in [0, 0.1) is 0 Å². The highest BCUT2D eigenvalue weighted by Gasteiger charge is 2.34. The van der Waals surface area contributed by atoms with Crippen molar-refractivity contribution in [2.75, 3.05) is 11.9 Å². The molecule has 0 spiro atoms. The number of nitrogens with one attached hydrogen (secondary N) is 3. The average molecular weight is 367 g/mol. The Morgan fingerprint density at radius 2 is 2.04 bits per heavy atom. The number of benzene rings is 1. The van der Waals surface area contributed by atoms with Crippen LogP contribution in [0.25, 0.3) is 5.69 Å². The summed E-state index contributed by atoms with van der Waals surface area (Å²) in [5, 5.41) is 7.21. The number of H-pyrrole nitrogens is 2. The smallest absolute Gasteiger partial charge is 0.356 e. The molecule has 1 aliphatic rings. The first-order valence-electron chi connectivity index (χ1n) is 8.51. The molecule has 4 rings (SSSR count). The van der Waals surface area contributed by atoms with Crippen LogP contribution in [0.5, 0.6) is 0 Å². The number of nitrogens with zero attached hydrogens (tertiary/aromatic N) is 2. The predicted molar refractivity (Wildman–Crippen MR) is 96.0 cm³/mol. The molecule has 0 unspecified atom stereocenters. The summed E-state index contributed by atoms with van der Waals surface area (Å²) < 4.78 is 6.63. The zero-order chi connectivity index (χ0) is 19.0. The molecule has 1 aromatic carbocycles. The minimum absolute atomic E-state index is 0.0277. The minimum Gasteiger partial charge on any atom is -0.461 e. The first kappa shape index (κ1) is 16.8. The van der Waals surface area contributed by atoms with E-state index in [0.717, 1.165) is 5.69 Å². The van der Waals surface area contributed by atoms with Crippen LogP contribution in [0.4, 0.5) is 5.82 Å². The Bertz CT molecular complexity index is 1060. The molecule has 0 saturated heterocycles. The minimum atomic E-state index is -0.645. The number of aromatic nitrogens is 4. The van der Waals surface area contributed by atoms with E-state index in [2.05, 4.69) is 20.4 Å². The molecule has 1 aliphatic heterocycles. The van der Waals surface area contributed by atoms with E-state index in [0.29, 0.717) is 17.1 Å². The Kier molecular flexibility index (Phi) is 4.11. The zero-order valence-electron chi connectivity index (χ0n) is 14.5. The number of imidazole rings is 1. The molecule has 9 nitrogen and oxygen atoms in total. The lowest BCUT2D eigenvalue weighted by Gasteiger charge is -2.23. The van der Waals surface area contributed by atoms with Crippen molar-refractivity contribution in [3.05, 3.63) is 64.0 Å². The van der Waals surface area contributed by atoms with Gasteiger partial charge >= 0.3 is 11.7 Å². The molecule has 27 heavy (non-hydrogen) atoms. The van der Waals surface area contributed by atoms with Crippen LogP contribution >= 0.6 is 0 Å². The number of hydrogen-bond donors (Lipinski definition) is 3. The molecule has 9 heteroatoms. The Hall–Kier alpha value is -3.62. The number of fused-ring (bicyclic) bond motifs is 1. The molecule has 3 aromatic rings. The molecule has 0 bridgehead atoms. The molecule has 3 N–H and O–H groups in total. The lowest BCUT2D eigenvalue weighted by Crippen LogP contribution is -2.26. The second-order valence-electron chi connectivity index (χ2n) is 6.09. The molecule has 0 saturated carbocycles. The SMILES string of the molecule is CCOC(=O)c1[nH]c(=O)[nH]c1[C@H]1CC(=O)Nc2c1cnn2-c1ccccc1. The van der Waals surface area contributed by atoms with E-state index in [9.17, 15) is 14.4 Å². The van der Waals surface area contributed by atoms with Crippen LogP contribution in [0.2, 0.25) is 0 Å². The summed E-state index contributed by atoms with van der Waals surface area (Å²) in [5.74, 6) is -0.889. The number of carbonyl (C=O) groups excluding carboxylic acids is 2. The van der Waals surface area contributed by atoms with Crippen molar-refractivity contribution in [1.29, 1.82) is 0 Å². The maximum absolute atomic E-state index is 12.3. The van der Waals surface area contributed by atoms with E-state index in [-0.39, 0.29) is 24.6 Å². The number of rotatable bonds is 4. The molecule has 3 heterocycles. The summed E-state index contributed by atoms with van der Waals surface area (Å²) in [6, 6.07) is 9.36. The summed E-state index contributed by atoms with van der Waals surface area (Å²) in [6.45, 7) is 1.85. The summed E-state index contributed by atoms with van der Waals surface area (Å²) in [6.07, 6.45) is 1.71. The van der Waals surface area contributed by atoms with Crippen molar-refractivity contribution in [3.8, 4) is 5.69 Å². The first-order chi connectivity index (χ1) is 13.1. The molecule has 138 valence electrons. The third kappa shape index (κ3) is 2.92. The fourth-order valence-electron chi connectivity index (χ4n) is 3.26. The molecular weight excluding hydrogens is 350 g/mol. The van der Waals surface area contributed by atoms with Crippen molar-refractivity contribution in [3.63, 3.8) is 0 Å². The average Bonchev–Trinajstić information content (AvgIpc) is 3.25. The van der Waals surface area contributed by atoms with Gasteiger partial charge in [0, 0.05) is 17.9 Å². The first-order valence-corrected chi connectivity index (χ1v) is 8.51. The van der Waals surface area contributed by atoms with E-state index < -0.39 is 17.6 Å². The number of para-hydroxylation sites is 1. The molecule has 0 radical (unpaired) electrons. The Morgan fingerprint density at radius 3 is 2.78 bits per heavy atom. The Morgan fingerprint density at radius 1 is 1.26 bits per heavy atom. The van der Waals surface area contributed by atoms with E-state index >= 15 is 0 Å². The number of anilines is 1. The van der Waals surface area contributed by atoms with Crippen LogP contribution in [-0.2, 0) is 9.53 Å². The van der Waals surface area contributed by atoms with Gasteiger partial charge in [0.15, 0.2) is 0 Å². The molecular formula is C18H17N5O4. The van der Waals surface area contributed by atoms with E-state index in [1.165, 1.54) is 0 Å². The Labute approximate surface area is 153 Å². The molecule has 1 atom stereocenters. The van der Waals surface area contributed by atoms with Gasteiger partial charge in [-0.1, -0.05) is 18.2 Å². The lowest BCUT2D eigenvalue weighted by atomic mass is 9.90. The van der Waals surface area contributed by atoms with Gasteiger partial charge in [-0.2, -0.15) is 5.10 Å². The van der Waals surface area contributed by atoms with Crippen LogP contribution in [0.1, 0.15) is 41.0 Å². The quantitative estimate of drug-likeness (QED) is 0.604. The molecule has 1 amide bonds. The summed E-state index contributed by atoms with van der Waals surface area (Å²) >= 11 is 0. The van der Waals surface area contributed by atoms with Crippen molar-refractivity contribution in [2.24, 2.45) is 0 Å². The van der Waals surface area contributed by atoms with Gasteiger partial charge in [0.05, 0.1) is 24.2 Å². The van der Waals surface area contributed by atoms with Crippen molar-refractivity contribution >= 4 is 17.7 Å². The number of esters is 1. The zero-order valence-corrected chi connectivity index (χ0v) is 14.5.